The highest BCUT2D eigenvalue weighted by Crippen LogP contribution is 2.25. The highest BCUT2D eigenvalue weighted by molar-refractivity contribution is 6.00. The maximum atomic E-state index is 12.4. The molecule has 0 heterocycles. The van der Waals surface area contributed by atoms with E-state index in [4.69, 9.17) is 4.74 Å². The quantitative estimate of drug-likeness (QED) is 0.639. The van der Waals surface area contributed by atoms with E-state index < -0.39 is 4.92 Å². The van der Waals surface area contributed by atoms with Crippen molar-refractivity contribution < 1.29 is 14.5 Å². The van der Waals surface area contributed by atoms with Crippen LogP contribution in [-0.4, -0.2) is 37.1 Å². The number of carbonyl (C=O) groups is 1. The van der Waals surface area contributed by atoms with Gasteiger partial charge >= 0.3 is 0 Å². The Hall–Kier alpha value is -2.15. The second kappa shape index (κ2) is 6.53. The van der Waals surface area contributed by atoms with Crippen LogP contribution in [0.1, 0.15) is 29.6 Å². The summed E-state index contributed by atoms with van der Waals surface area (Å²) in [6.45, 7) is 0. The van der Waals surface area contributed by atoms with E-state index in [1.165, 1.54) is 18.2 Å². The molecule has 1 saturated carbocycles. The SMILES string of the molecule is CNc1ccc([N+](=O)[O-])cc1C(=O)NC1CCCC1OC. The van der Waals surface area contributed by atoms with Crippen molar-refractivity contribution in [1.29, 1.82) is 0 Å². The number of nitro groups is 1. The van der Waals surface area contributed by atoms with Crippen molar-refractivity contribution in [3.63, 3.8) is 0 Å². The standard InChI is InChI=1S/C14H19N3O4/c1-15-11-7-6-9(17(19)20)8-10(11)14(18)16-12-4-3-5-13(12)21-2/h6-8,12-13,15H,3-5H2,1-2H3,(H,16,18). The Morgan fingerprint density at radius 2 is 2.19 bits per heavy atom. The molecule has 7 nitrogen and oxygen atoms in total. The lowest BCUT2D eigenvalue weighted by atomic mass is 10.1. The summed E-state index contributed by atoms with van der Waals surface area (Å²) in [5.74, 6) is -0.322. The minimum atomic E-state index is -0.510. The van der Waals surface area contributed by atoms with Crippen LogP contribution in [0.15, 0.2) is 18.2 Å². The molecule has 0 aliphatic heterocycles. The molecule has 0 spiro atoms. The molecule has 1 amide bonds. The molecule has 1 fully saturated rings. The Kier molecular flexibility index (Phi) is 4.74. The van der Waals surface area contributed by atoms with Crippen LogP contribution in [0.3, 0.4) is 0 Å². The second-order valence-electron chi connectivity index (χ2n) is 5.02. The zero-order valence-corrected chi connectivity index (χ0v) is 12.1. The van der Waals surface area contributed by atoms with E-state index >= 15 is 0 Å². The summed E-state index contributed by atoms with van der Waals surface area (Å²) in [6, 6.07) is 4.15. The van der Waals surface area contributed by atoms with Crippen LogP contribution >= 0.6 is 0 Å². The van der Waals surface area contributed by atoms with Crippen molar-refractivity contribution in [2.75, 3.05) is 19.5 Å². The van der Waals surface area contributed by atoms with Gasteiger partial charge in [-0.1, -0.05) is 0 Å². The van der Waals surface area contributed by atoms with Gasteiger partial charge in [0.1, 0.15) is 0 Å². The predicted octanol–water partition coefficient (Wildman–Crippen LogP) is 1.93. The van der Waals surface area contributed by atoms with E-state index in [0.29, 0.717) is 5.69 Å². The summed E-state index contributed by atoms with van der Waals surface area (Å²) in [6.07, 6.45) is 2.77. The fraction of sp³-hybridized carbons (Fsp3) is 0.500. The molecular weight excluding hydrogens is 274 g/mol. The van der Waals surface area contributed by atoms with Gasteiger partial charge in [0.05, 0.1) is 22.6 Å². The lowest BCUT2D eigenvalue weighted by Gasteiger charge is -2.20. The van der Waals surface area contributed by atoms with E-state index in [2.05, 4.69) is 10.6 Å². The highest BCUT2D eigenvalue weighted by Gasteiger charge is 2.29. The highest BCUT2D eigenvalue weighted by atomic mass is 16.6. The van der Waals surface area contributed by atoms with E-state index in [1.54, 1.807) is 14.2 Å². The van der Waals surface area contributed by atoms with Gasteiger partial charge in [-0.25, -0.2) is 0 Å². The topological polar surface area (TPSA) is 93.5 Å². The van der Waals surface area contributed by atoms with Gasteiger partial charge in [-0.2, -0.15) is 0 Å². The van der Waals surface area contributed by atoms with E-state index in [-0.39, 0.29) is 29.3 Å². The van der Waals surface area contributed by atoms with E-state index in [1.807, 2.05) is 0 Å². The first-order valence-electron chi connectivity index (χ1n) is 6.86. The fourth-order valence-corrected chi connectivity index (χ4v) is 2.67. The first kappa shape index (κ1) is 15.2. The molecule has 114 valence electrons. The van der Waals surface area contributed by atoms with Crippen LogP contribution < -0.4 is 10.6 Å². The number of non-ortho nitro benzene ring substituents is 1. The molecule has 0 aromatic heterocycles. The third-order valence-electron chi connectivity index (χ3n) is 3.80. The molecule has 0 bridgehead atoms. The van der Waals surface area contributed by atoms with Crippen LogP contribution in [0.25, 0.3) is 0 Å². The molecule has 1 aromatic rings. The lowest BCUT2D eigenvalue weighted by molar-refractivity contribution is -0.384. The smallest absolute Gasteiger partial charge is 0.270 e. The van der Waals surface area contributed by atoms with Gasteiger partial charge in [0.2, 0.25) is 0 Å². The van der Waals surface area contributed by atoms with Crippen molar-refractivity contribution >= 4 is 17.3 Å². The van der Waals surface area contributed by atoms with Crippen LogP contribution in [-0.2, 0) is 4.74 Å². The Morgan fingerprint density at radius 3 is 2.81 bits per heavy atom. The number of hydrogen-bond donors (Lipinski definition) is 2. The molecule has 0 radical (unpaired) electrons. The number of methoxy groups -OCH3 is 1. The molecule has 1 aliphatic rings. The molecule has 2 atom stereocenters. The summed E-state index contributed by atoms with van der Waals surface area (Å²) in [7, 11) is 3.30. The Bertz CT molecular complexity index is 547. The second-order valence-corrected chi connectivity index (χ2v) is 5.02. The van der Waals surface area contributed by atoms with Crippen LogP contribution in [0.4, 0.5) is 11.4 Å². The van der Waals surface area contributed by atoms with Crippen molar-refractivity contribution in [1.82, 2.24) is 5.32 Å². The summed E-state index contributed by atoms with van der Waals surface area (Å²) in [4.78, 5) is 22.7. The summed E-state index contributed by atoms with van der Waals surface area (Å²) in [5.41, 5.74) is 0.729. The molecule has 21 heavy (non-hydrogen) atoms. The molecular formula is C14H19N3O4. The van der Waals surface area contributed by atoms with Gasteiger partial charge in [0.25, 0.3) is 11.6 Å². The van der Waals surface area contributed by atoms with E-state index in [0.717, 1.165) is 19.3 Å². The molecule has 2 N–H and O–H groups in total. The van der Waals surface area contributed by atoms with Gasteiger partial charge in [-0.15, -0.1) is 0 Å². The maximum Gasteiger partial charge on any atom is 0.270 e. The lowest BCUT2D eigenvalue weighted by Crippen LogP contribution is -2.40. The van der Waals surface area contributed by atoms with Crippen molar-refractivity contribution in [2.45, 2.75) is 31.4 Å². The minimum absolute atomic E-state index is 0.00526. The van der Waals surface area contributed by atoms with Gasteiger partial charge in [0.15, 0.2) is 0 Å². The normalized spacial score (nSPS) is 21.0. The van der Waals surface area contributed by atoms with Gasteiger partial charge < -0.3 is 15.4 Å². The number of rotatable bonds is 5. The zero-order valence-electron chi connectivity index (χ0n) is 12.1. The van der Waals surface area contributed by atoms with Gasteiger partial charge in [0, 0.05) is 32.0 Å². The number of anilines is 1. The average molecular weight is 293 g/mol. The largest absolute Gasteiger partial charge is 0.387 e. The van der Waals surface area contributed by atoms with Crippen LogP contribution in [0.2, 0.25) is 0 Å². The number of nitro benzene ring substituents is 1. The number of nitrogens with zero attached hydrogens (tertiary/aromatic N) is 1. The Balaban J connectivity index is 2.21. The molecule has 1 aromatic carbocycles. The minimum Gasteiger partial charge on any atom is -0.387 e. The zero-order chi connectivity index (χ0) is 15.4. The number of hydrogen-bond acceptors (Lipinski definition) is 5. The number of carbonyl (C=O) groups excluding carboxylic acids is 1. The van der Waals surface area contributed by atoms with Gasteiger partial charge in [-0.3, -0.25) is 14.9 Å². The molecule has 1 aliphatic carbocycles. The van der Waals surface area contributed by atoms with Crippen LogP contribution in [0.5, 0.6) is 0 Å². The molecule has 0 saturated heterocycles. The summed E-state index contributed by atoms with van der Waals surface area (Å²) in [5, 5.41) is 16.6. The molecule has 2 unspecified atom stereocenters. The Labute approximate surface area is 122 Å². The Morgan fingerprint density at radius 1 is 1.43 bits per heavy atom. The van der Waals surface area contributed by atoms with Gasteiger partial charge in [-0.05, 0) is 25.3 Å². The molecule has 7 heteroatoms. The molecule has 2 rings (SSSR count). The summed E-state index contributed by atoms with van der Waals surface area (Å²) < 4.78 is 5.34. The number of ether oxygens (including phenoxy) is 1. The fourth-order valence-electron chi connectivity index (χ4n) is 2.67. The monoisotopic (exact) mass is 293 g/mol. The van der Waals surface area contributed by atoms with Crippen molar-refractivity contribution in [2.24, 2.45) is 0 Å². The predicted molar refractivity (Wildman–Crippen MR) is 78.5 cm³/mol. The summed E-state index contributed by atoms with van der Waals surface area (Å²) >= 11 is 0. The number of amides is 1. The van der Waals surface area contributed by atoms with Crippen LogP contribution in [0, 0.1) is 10.1 Å². The number of benzene rings is 1. The average Bonchev–Trinajstić information content (AvgIpc) is 2.93. The van der Waals surface area contributed by atoms with E-state index in [9.17, 15) is 14.9 Å². The number of nitrogens with one attached hydrogen (secondary N) is 2. The third kappa shape index (κ3) is 3.30. The maximum absolute atomic E-state index is 12.4. The third-order valence-corrected chi connectivity index (χ3v) is 3.80. The van der Waals surface area contributed by atoms with Crippen molar-refractivity contribution in [3.8, 4) is 0 Å². The van der Waals surface area contributed by atoms with Crippen molar-refractivity contribution in [3.05, 3.63) is 33.9 Å². The first-order chi connectivity index (χ1) is 10.1. The first-order valence-corrected chi connectivity index (χ1v) is 6.86.